The lowest BCUT2D eigenvalue weighted by molar-refractivity contribution is -0.141. The van der Waals surface area contributed by atoms with Crippen molar-refractivity contribution in [3.8, 4) is 6.01 Å². The fourth-order valence-electron chi connectivity index (χ4n) is 2.30. The Hall–Kier alpha value is -3.55. The molecule has 0 saturated heterocycles. The smallest absolute Gasteiger partial charge is 0.435 e. The number of carbonyl (C=O) groups excluding carboxylic acids is 1. The Morgan fingerprint density at radius 1 is 1.26 bits per heavy atom. The van der Waals surface area contributed by atoms with Crippen molar-refractivity contribution in [3.63, 3.8) is 0 Å². The fraction of sp³-hybridized carbons (Fsp3) is 0.188. The molecule has 0 atom stereocenters. The molecule has 0 aliphatic heterocycles. The number of alkyl halides is 3. The van der Waals surface area contributed by atoms with Crippen molar-refractivity contribution in [2.75, 3.05) is 17.3 Å². The summed E-state index contributed by atoms with van der Waals surface area (Å²) in [6.45, 7) is -0.442. The summed E-state index contributed by atoms with van der Waals surface area (Å²) in [7, 11) is 1.31. The van der Waals surface area contributed by atoms with E-state index < -0.39 is 47.1 Å². The lowest BCUT2D eigenvalue weighted by Gasteiger charge is -2.22. The summed E-state index contributed by atoms with van der Waals surface area (Å²) in [5.74, 6) is -3.20. The summed E-state index contributed by atoms with van der Waals surface area (Å²) >= 11 is 5.46. The van der Waals surface area contributed by atoms with Gasteiger partial charge in [-0.2, -0.15) is 18.3 Å². The minimum atomic E-state index is -4.70. The molecule has 2 N–H and O–H groups in total. The molecule has 0 unspecified atom stereocenters. The molecule has 3 aromatic heterocycles. The number of halogens is 6. The topological polar surface area (TPSA) is 109 Å². The first-order valence-corrected chi connectivity index (χ1v) is 8.54. The summed E-state index contributed by atoms with van der Waals surface area (Å²) < 4.78 is 70.1. The standard InChI is InChI=1S/C16H11ClF5N7O2/c1-31-14-23-4-8(5-24-14)29(6-7-2-10(28-27-7)16(20,21)22)15(30)26-11-3-9(18)12(19)13(17)25-11/h2-5H,6H2,1H3,(H,27,28)(H,25,26,30). The van der Waals surface area contributed by atoms with E-state index in [4.69, 9.17) is 16.3 Å². The van der Waals surface area contributed by atoms with Crippen LogP contribution in [0.5, 0.6) is 6.01 Å². The van der Waals surface area contributed by atoms with E-state index in [1.165, 1.54) is 7.11 Å². The van der Waals surface area contributed by atoms with E-state index in [-0.39, 0.29) is 17.4 Å². The molecule has 3 rings (SSSR count). The van der Waals surface area contributed by atoms with Crippen LogP contribution in [-0.2, 0) is 12.7 Å². The zero-order valence-electron chi connectivity index (χ0n) is 15.3. The third-order valence-corrected chi connectivity index (χ3v) is 3.96. The number of pyridine rings is 1. The van der Waals surface area contributed by atoms with Crippen molar-refractivity contribution in [1.82, 2.24) is 25.1 Å². The van der Waals surface area contributed by atoms with Crippen LogP contribution in [0.1, 0.15) is 11.4 Å². The lowest BCUT2D eigenvalue weighted by Crippen LogP contribution is -2.35. The molecule has 15 heteroatoms. The van der Waals surface area contributed by atoms with E-state index >= 15 is 0 Å². The molecular weight excluding hydrogens is 453 g/mol. The van der Waals surface area contributed by atoms with Crippen molar-refractivity contribution in [2.24, 2.45) is 0 Å². The fourth-order valence-corrected chi connectivity index (χ4v) is 2.48. The van der Waals surface area contributed by atoms with E-state index in [2.05, 4.69) is 30.5 Å². The molecule has 3 heterocycles. The van der Waals surface area contributed by atoms with Crippen LogP contribution in [0.25, 0.3) is 0 Å². The van der Waals surface area contributed by atoms with E-state index in [0.29, 0.717) is 12.1 Å². The van der Waals surface area contributed by atoms with Gasteiger partial charge >= 0.3 is 18.2 Å². The van der Waals surface area contributed by atoms with E-state index in [1.807, 2.05) is 0 Å². The van der Waals surface area contributed by atoms with Crippen LogP contribution in [0.3, 0.4) is 0 Å². The van der Waals surface area contributed by atoms with Gasteiger partial charge in [0.25, 0.3) is 0 Å². The van der Waals surface area contributed by atoms with Crippen molar-refractivity contribution in [2.45, 2.75) is 12.7 Å². The highest BCUT2D eigenvalue weighted by atomic mass is 35.5. The zero-order valence-corrected chi connectivity index (χ0v) is 16.1. The Kier molecular flexibility index (Phi) is 6.19. The first-order chi connectivity index (χ1) is 14.6. The average molecular weight is 464 g/mol. The highest BCUT2D eigenvalue weighted by molar-refractivity contribution is 6.29. The molecule has 0 aromatic carbocycles. The summed E-state index contributed by atoms with van der Waals surface area (Å²) in [5, 5.41) is 6.69. The average Bonchev–Trinajstić information content (AvgIpc) is 3.19. The van der Waals surface area contributed by atoms with Crippen LogP contribution in [0.4, 0.5) is 38.3 Å². The first kappa shape index (κ1) is 22.1. The monoisotopic (exact) mass is 463 g/mol. The van der Waals surface area contributed by atoms with Gasteiger partial charge in [-0.25, -0.2) is 28.5 Å². The number of carbonyl (C=O) groups is 1. The third kappa shape index (κ3) is 5.14. The number of urea groups is 1. The number of aromatic amines is 1. The van der Waals surface area contributed by atoms with Gasteiger partial charge in [-0.3, -0.25) is 15.3 Å². The minimum absolute atomic E-state index is 0.0286. The van der Waals surface area contributed by atoms with Crippen LogP contribution < -0.4 is 15.0 Å². The van der Waals surface area contributed by atoms with Gasteiger partial charge in [0, 0.05) is 6.07 Å². The normalized spacial score (nSPS) is 11.3. The molecule has 0 radical (unpaired) electrons. The summed E-state index contributed by atoms with van der Waals surface area (Å²) in [6, 6.07) is 0.280. The third-order valence-electron chi connectivity index (χ3n) is 3.71. The molecule has 3 aromatic rings. The lowest BCUT2D eigenvalue weighted by atomic mass is 10.3. The Labute approximate surface area is 175 Å². The summed E-state index contributed by atoms with van der Waals surface area (Å²) in [6.07, 6.45) is -2.37. The number of anilines is 2. The van der Waals surface area contributed by atoms with Gasteiger partial charge in [0.1, 0.15) is 5.82 Å². The molecule has 0 bridgehead atoms. The highest BCUT2D eigenvalue weighted by Gasteiger charge is 2.34. The maximum atomic E-state index is 13.5. The van der Waals surface area contributed by atoms with E-state index in [1.54, 1.807) is 0 Å². The summed E-state index contributed by atoms with van der Waals surface area (Å²) in [4.78, 5) is 24.8. The van der Waals surface area contributed by atoms with Crippen LogP contribution in [-0.4, -0.2) is 38.3 Å². The van der Waals surface area contributed by atoms with E-state index in [0.717, 1.165) is 17.3 Å². The van der Waals surface area contributed by atoms with Gasteiger partial charge in [-0.15, -0.1) is 0 Å². The largest absolute Gasteiger partial charge is 0.467 e. The highest BCUT2D eigenvalue weighted by Crippen LogP contribution is 2.28. The number of aromatic nitrogens is 5. The molecule has 0 fully saturated rings. The number of H-pyrrole nitrogens is 1. The number of methoxy groups -OCH3 is 1. The minimum Gasteiger partial charge on any atom is -0.467 e. The van der Waals surface area contributed by atoms with Crippen LogP contribution in [0.15, 0.2) is 24.5 Å². The van der Waals surface area contributed by atoms with Crippen LogP contribution in [0, 0.1) is 11.6 Å². The molecule has 0 spiro atoms. The van der Waals surface area contributed by atoms with Crippen molar-refractivity contribution in [3.05, 3.63) is 52.7 Å². The second kappa shape index (κ2) is 8.67. The number of ether oxygens (including phenoxy) is 1. The van der Waals surface area contributed by atoms with Gasteiger partial charge < -0.3 is 4.74 Å². The molecule has 0 aliphatic rings. The van der Waals surface area contributed by atoms with Gasteiger partial charge in [0.05, 0.1) is 37.4 Å². The maximum Gasteiger partial charge on any atom is 0.435 e. The van der Waals surface area contributed by atoms with Crippen LogP contribution >= 0.6 is 11.6 Å². The van der Waals surface area contributed by atoms with Gasteiger partial charge in [0.2, 0.25) is 0 Å². The van der Waals surface area contributed by atoms with Gasteiger partial charge in [-0.05, 0) is 6.07 Å². The number of nitrogens with one attached hydrogen (secondary N) is 2. The number of amides is 2. The van der Waals surface area contributed by atoms with E-state index in [9.17, 15) is 26.7 Å². The number of hydrogen-bond acceptors (Lipinski definition) is 6. The maximum absolute atomic E-state index is 13.5. The molecule has 164 valence electrons. The molecule has 9 nitrogen and oxygen atoms in total. The molecular formula is C16H11ClF5N7O2. The SMILES string of the molecule is COc1ncc(N(Cc2cc(C(F)(F)F)n[nH]2)C(=O)Nc2cc(F)c(F)c(Cl)n2)cn1. The second-order valence-corrected chi connectivity index (χ2v) is 6.17. The van der Waals surface area contributed by atoms with Crippen molar-refractivity contribution in [1.29, 1.82) is 0 Å². The molecule has 0 aliphatic carbocycles. The predicted octanol–water partition coefficient (Wildman–Crippen LogP) is 3.79. The quantitative estimate of drug-likeness (QED) is 0.440. The Morgan fingerprint density at radius 3 is 2.48 bits per heavy atom. The number of hydrogen-bond donors (Lipinski definition) is 2. The molecule has 31 heavy (non-hydrogen) atoms. The first-order valence-electron chi connectivity index (χ1n) is 8.16. The van der Waals surface area contributed by atoms with Gasteiger partial charge in [-0.1, -0.05) is 11.6 Å². The Morgan fingerprint density at radius 2 is 1.94 bits per heavy atom. The number of rotatable bonds is 5. The molecule has 2 amide bonds. The second-order valence-electron chi connectivity index (χ2n) is 5.81. The Bertz CT molecular complexity index is 1070. The van der Waals surface area contributed by atoms with Crippen molar-refractivity contribution < 1.29 is 31.5 Å². The number of nitrogens with zero attached hydrogens (tertiary/aromatic N) is 5. The molecule has 0 saturated carbocycles. The zero-order chi connectivity index (χ0) is 22.8. The predicted molar refractivity (Wildman–Crippen MR) is 96.5 cm³/mol. The van der Waals surface area contributed by atoms with Crippen LogP contribution in [0.2, 0.25) is 5.15 Å². The Balaban J connectivity index is 1.91. The van der Waals surface area contributed by atoms with Gasteiger partial charge in [0.15, 0.2) is 22.5 Å². The van der Waals surface area contributed by atoms with Crippen molar-refractivity contribution >= 4 is 29.1 Å². The summed E-state index contributed by atoms with van der Waals surface area (Å²) in [5.41, 5.74) is -1.24.